The number of hydrogen-bond acceptors (Lipinski definition) is 3. The van der Waals surface area contributed by atoms with Crippen molar-refractivity contribution in [3.05, 3.63) is 11.8 Å². The molecule has 0 aromatic carbocycles. The molecule has 0 spiro atoms. The highest BCUT2D eigenvalue weighted by molar-refractivity contribution is 6.17. The largest absolute Gasteiger partial charge is 0.425 e. The number of rotatable bonds is 4. The predicted octanol–water partition coefficient (Wildman–Crippen LogP) is 2.05. The summed E-state index contributed by atoms with van der Waals surface area (Å²) < 4.78 is 5.33. The maximum atomic E-state index is 5.52. The fourth-order valence-corrected chi connectivity index (χ4v) is 1.06. The molecule has 1 rings (SSSR count). The Morgan fingerprint density at radius 3 is 2.58 bits per heavy atom. The molecule has 4 heteroatoms. The van der Waals surface area contributed by atoms with Gasteiger partial charge in [-0.2, -0.15) is 0 Å². The average molecular weight is 189 g/mol. The zero-order valence-corrected chi connectivity index (χ0v) is 8.14. The Morgan fingerprint density at radius 1 is 1.33 bits per heavy atom. The lowest BCUT2D eigenvalue weighted by molar-refractivity contribution is 0.429. The van der Waals surface area contributed by atoms with E-state index in [4.69, 9.17) is 16.0 Å². The summed E-state index contributed by atoms with van der Waals surface area (Å²) in [5.41, 5.74) is 0. The van der Waals surface area contributed by atoms with Crippen molar-refractivity contribution >= 4 is 11.6 Å². The molecule has 0 bridgehead atoms. The number of aryl methyl sites for hydroxylation is 1. The van der Waals surface area contributed by atoms with Crippen LogP contribution in [-0.2, 0) is 12.8 Å². The maximum Gasteiger partial charge on any atom is 0.217 e. The fourth-order valence-electron chi connectivity index (χ4n) is 0.902. The monoisotopic (exact) mass is 188 g/mol. The minimum absolute atomic E-state index is 0.531. The second kappa shape index (κ2) is 4.45. The number of nitrogens with zero attached hydrogens (tertiary/aromatic N) is 2. The van der Waals surface area contributed by atoms with Gasteiger partial charge in [0.1, 0.15) is 0 Å². The molecule has 0 atom stereocenters. The highest BCUT2D eigenvalue weighted by Crippen LogP contribution is 2.07. The van der Waals surface area contributed by atoms with Gasteiger partial charge in [0.2, 0.25) is 11.8 Å². The summed E-state index contributed by atoms with van der Waals surface area (Å²) >= 11 is 5.52. The van der Waals surface area contributed by atoms with Gasteiger partial charge in [0.05, 0.1) is 0 Å². The summed E-state index contributed by atoms with van der Waals surface area (Å²) in [6, 6.07) is 0. The number of halogens is 1. The second-order valence-corrected chi connectivity index (χ2v) is 3.50. The van der Waals surface area contributed by atoms with Crippen LogP contribution < -0.4 is 0 Å². The van der Waals surface area contributed by atoms with E-state index in [2.05, 4.69) is 24.0 Å². The summed E-state index contributed by atoms with van der Waals surface area (Å²) in [5.74, 6) is 2.43. The van der Waals surface area contributed by atoms with Gasteiger partial charge in [-0.05, 0) is 5.92 Å². The SMILES string of the molecule is CC(C)Cc1nnc(CCCl)o1. The first-order valence-electron chi connectivity index (χ1n) is 4.09. The molecule has 0 radical (unpaired) electrons. The standard InChI is InChI=1S/C8H13ClN2O/c1-6(2)5-8-11-10-7(12-8)3-4-9/h6H,3-5H2,1-2H3. The lowest BCUT2D eigenvalue weighted by atomic mass is 10.1. The summed E-state index contributed by atoms with van der Waals surface area (Å²) in [6.07, 6.45) is 1.50. The van der Waals surface area contributed by atoms with Crippen LogP contribution in [0.5, 0.6) is 0 Å². The molecular weight excluding hydrogens is 176 g/mol. The topological polar surface area (TPSA) is 38.9 Å². The molecule has 3 nitrogen and oxygen atoms in total. The molecule has 0 unspecified atom stereocenters. The summed E-state index contributed by atoms with van der Waals surface area (Å²) in [7, 11) is 0. The molecule has 1 aromatic rings. The summed E-state index contributed by atoms with van der Waals surface area (Å²) in [4.78, 5) is 0. The van der Waals surface area contributed by atoms with Crippen molar-refractivity contribution in [2.75, 3.05) is 5.88 Å². The van der Waals surface area contributed by atoms with Crippen LogP contribution in [0.1, 0.15) is 25.6 Å². The van der Waals surface area contributed by atoms with Crippen LogP contribution in [0, 0.1) is 5.92 Å². The van der Waals surface area contributed by atoms with E-state index in [0.29, 0.717) is 30.0 Å². The van der Waals surface area contributed by atoms with Crippen LogP contribution in [0.25, 0.3) is 0 Å². The molecule has 0 aliphatic carbocycles. The molecule has 0 N–H and O–H groups in total. The van der Waals surface area contributed by atoms with E-state index in [1.54, 1.807) is 0 Å². The molecule has 0 saturated carbocycles. The van der Waals surface area contributed by atoms with Crippen LogP contribution in [0.3, 0.4) is 0 Å². The molecular formula is C8H13ClN2O. The van der Waals surface area contributed by atoms with Crippen molar-refractivity contribution in [2.45, 2.75) is 26.7 Å². The van der Waals surface area contributed by atoms with E-state index in [1.807, 2.05) is 0 Å². The average Bonchev–Trinajstić information content (AvgIpc) is 2.36. The Bertz CT molecular complexity index is 235. The minimum Gasteiger partial charge on any atom is -0.425 e. The van der Waals surface area contributed by atoms with Gasteiger partial charge >= 0.3 is 0 Å². The van der Waals surface area contributed by atoms with Crippen molar-refractivity contribution in [2.24, 2.45) is 5.92 Å². The van der Waals surface area contributed by atoms with Gasteiger partial charge < -0.3 is 4.42 Å². The van der Waals surface area contributed by atoms with Gasteiger partial charge in [0.15, 0.2) is 0 Å². The zero-order valence-electron chi connectivity index (χ0n) is 7.38. The van der Waals surface area contributed by atoms with Crippen LogP contribution in [0.15, 0.2) is 4.42 Å². The third kappa shape index (κ3) is 2.81. The van der Waals surface area contributed by atoms with Crippen molar-refractivity contribution in [3.8, 4) is 0 Å². The van der Waals surface area contributed by atoms with Gasteiger partial charge in [-0.25, -0.2) is 0 Å². The van der Waals surface area contributed by atoms with Crippen molar-refractivity contribution in [1.29, 1.82) is 0 Å². The third-order valence-corrected chi connectivity index (χ3v) is 1.59. The van der Waals surface area contributed by atoms with Crippen molar-refractivity contribution in [1.82, 2.24) is 10.2 Å². The van der Waals surface area contributed by atoms with Gasteiger partial charge in [-0.1, -0.05) is 13.8 Å². The molecule has 1 aromatic heterocycles. The van der Waals surface area contributed by atoms with Gasteiger partial charge in [-0.3, -0.25) is 0 Å². The van der Waals surface area contributed by atoms with Gasteiger partial charge in [0.25, 0.3) is 0 Å². The maximum absolute atomic E-state index is 5.52. The number of aromatic nitrogens is 2. The van der Waals surface area contributed by atoms with Gasteiger partial charge in [0, 0.05) is 18.7 Å². The Balaban J connectivity index is 2.52. The van der Waals surface area contributed by atoms with Crippen LogP contribution in [0.2, 0.25) is 0 Å². The molecule has 1 heterocycles. The zero-order chi connectivity index (χ0) is 8.97. The Labute approximate surface area is 77.1 Å². The molecule has 0 amide bonds. The van der Waals surface area contributed by atoms with Crippen molar-refractivity contribution in [3.63, 3.8) is 0 Å². The van der Waals surface area contributed by atoms with E-state index < -0.39 is 0 Å². The quantitative estimate of drug-likeness (QED) is 0.679. The molecule has 0 saturated heterocycles. The van der Waals surface area contributed by atoms with Crippen LogP contribution in [0.4, 0.5) is 0 Å². The molecule has 0 fully saturated rings. The Hall–Kier alpha value is -0.570. The fraction of sp³-hybridized carbons (Fsp3) is 0.750. The van der Waals surface area contributed by atoms with E-state index in [0.717, 1.165) is 6.42 Å². The number of alkyl halides is 1. The smallest absolute Gasteiger partial charge is 0.217 e. The highest BCUT2D eigenvalue weighted by Gasteiger charge is 2.06. The van der Waals surface area contributed by atoms with E-state index in [9.17, 15) is 0 Å². The molecule has 12 heavy (non-hydrogen) atoms. The summed E-state index contributed by atoms with van der Waals surface area (Å²) in [6.45, 7) is 4.23. The molecule has 0 aliphatic rings. The third-order valence-electron chi connectivity index (χ3n) is 1.40. The van der Waals surface area contributed by atoms with Crippen LogP contribution in [-0.4, -0.2) is 16.1 Å². The van der Waals surface area contributed by atoms with E-state index in [-0.39, 0.29) is 0 Å². The Morgan fingerprint density at radius 2 is 2.00 bits per heavy atom. The van der Waals surface area contributed by atoms with E-state index >= 15 is 0 Å². The lowest BCUT2D eigenvalue weighted by Crippen LogP contribution is -1.93. The predicted molar refractivity (Wildman–Crippen MR) is 47.3 cm³/mol. The number of hydrogen-bond donors (Lipinski definition) is 0. The minimum atomic E-state index is 0.531. The first-order valence-corrected chi connectivity index (χ1v) is 4.63. The first-order chi connectivity index (χ1) is 5.72. The molecule has 68 valence electrons. The lowest BCUT2D eigenvalue weighted by Gasteiger charge is -1.96. The van der Waals surface area contributed by atoms with Gasteiger partial charge in [-0.15, -0.1) is 21.8 Å². The van der Waals surface area contributed by atoms with Crippen molar-refractivity contribution < 1.29 is 4.42 Å². The molecule has 0 aliphatic heterocycles. The van der Waals surface area contributed by atoms with E-state index in [1.165, 1.54) is 0 Å². The Kier molecular flexibility index (Phi) is 3.53. The highest BCUT2D eigenvalue weighted by atomic mass is 35.5. The van der Waals surface area contributed by atoms with Crippen LogP contribution >= 0.6 is 11.6 Å². The first kappa shape index (κ1) is 9.52. The normalized spacial score (nSPS) is 11.0. The summed E-state index contributed by atoms with van der Waals surface area (Å²) in [5, 5.41) is 7.76. The second-order valence-electron chi connectivity index (χ2n) is 3.13.